The molecule has 0 heterocycles. The highest BCUT2D eigenvalue weighted by Crippen LogP contribution is 2.12. The van der Waals surface area contributed by atoms with E-state index < -0.39 is 18.5 Å². The van der Waals surface area contributed by atoms with E-state index in [2.05, 4.69) is 20.0 Å². The van der Waals surface area contributed by atoms with Crippen molar-refractivity contribution >= 4 is 24.3 Å². The van der Waals surface area contributed by atoms with Crippen LogP contribution in [0.4, 0.5) is 13.2 Å². The third-order valence-electron chi connectivity index (χ3n) is 3.03. The second-order valence-electron chi connectivity index (χ2n) is 5.03. The van der Waals surface area contributed by atoms with Gasteiger partial charge in [0.15, 0.2) is 0 Å². The monoisotopic (exact) mass is 390 g/mol. The van der Waals surface area contributed by atoms with Crippen LogP contribution in [0.25, 0.3) is 0 Å². The molecule has 0 aliphatic heterocycles. The van der Waals surface area contributed by atoms with Gasteiger partial charge in [0.2, 0.25) is 24.3 Å². The van der Waals surface area contributed by atoms with Crippen LogP contribution >= 0.6 is 0 Å². The van der Waals surface area contributed by atoms with E-state index in [1.165, 1.54) is 24.3 Å². The van der Waals surface area contributed by atoms with Gasteiger partial charge in [0.25, 0.3) is 0 Å². The largest absolute Gasteiger partial charge is 0.247 e. The summed E-state index contributed by atoms with van der Waals surface area (Å²) < 4.78 is 38.5. The smallest absolute Gasteiger partial charge is 0.234 e. The first kappa shape index (κ1) is 26.5. The van der Waals surface area contributed by atoms with Gasteiger partial charge >= 0.3 is 0 Å². The summed E-state index contributed by atoms with van der Waals surface area (Å²) in [5, 5.41) is 0. The molecule has 0 aliphatic rings. The van der Waals surface area contributed by atoms with Crippen LogP contribution in [0.5, 0.6) is 0 Å². The second kappa shape index (κ2) is 21.4. The lowest BCUT2D eigenvalue weighted by Gasteiger charge is -2.10. The van der Waals surface area contributed by atoms with Crippen molar-refractivity contribution < 1.29 is 32.3 Å². The Balaban J connectivity index is 0. The van der Waals surface area contributed by atoms with Crippen molar-refractivity contribution in [2.24, 2.45) is 20.0 Å². The van der Waals surface area contributed by atoms with Gasteiger partial charge in [-0.1, -0.05) is 0 Å². The number of hydrogen-bond acceptors (Lipinski definition) is 8. The van der Waals surface area contributed by atoms with E-state index in [4.69, 9.17) is 0 Å². The topological polar surface area (TPSA) is 118 Å². The maximum Gasteiger partial charge on any atom is 0.234 e. The lowest BCUT2D eigenvalue weighted by molar-refractivity contribution is 0.154. The van der Waals surface area contributed by atoms with E-state index in [1.54, 1.807) is 0 Å². The molecule has 0 aromatic carbocycles. The fourth-order valence-corrected chi connectivity index (χ4v) is 1.66. The van der Waals surface area contributed by atoms with Gasteiger partial charge in [-0.2, -0.15) is 0 Å². The number of aliphatic imine (C=N–C) groups is 4. The highest BCUT2D eigenvalue weighted by atomic mass is 19.2. The second-order valence-corrected chi connectivity index (χ2v) is 5.03. The maximum atomic E-state index is 12.8. The molecule has 3 unspecified atom stereocenters. The Labute approximate surface area is 154 Å². The third kappa shape index (κ3) is 21.3. The van der Waals surface area contributed by atoms with Crippen LogP contribution in [0.1, 0.15) is 32.1 Å². The highest BCUT2D eigenvalue weighted by molar-refractivity contribution is 5.33. The standard InChI is InChI=1S/C8H10F2N2O2.C8H11FN2O2/c9-7(1-3-11-5-13)8(10)2-4-12-6-14;9-8(3-5-11-7-13)2-1-4-10-6-12/h7-8H,1-4H2;8H,1-5H2. The molecule has 0 spiro atoms. The molecule has 0 aromatic rings. The summed E-state index contributed by atoms with van der Waals surface area (Å²) in [6.07, 6.45) is 1.55. The molecule has 150 valence electrons. The fourth-order valence-electron chi connectivity index (χ4n) is 1.66. The van der Waals surface area contributed by atoms with Crippen LogP contribution in [-0.2, 0) is 19.2 Å². The summed E-state index contributed by atoms with van der Waals surface area (Å²) in [6.45, 7) is 0.312. The Morgan fingerprint density at radius 3 is 1.33 bits per heavy atom. The molecular formula is C16H21F3N4O4. The molecule has 0 saturated heterocycles. The summed E-state index contributed by atoms with van der Waals surface area (Å²) in [7, 11) is 0. The van der Waals surface area contributed by atoms with Gasteiger partial charge in [0.1, 0.15) is 18.5 Å². The molecule has 0 aromatic heterocycles. The molecule has 27 heavy (non-hydrogen) atoms. The number of isocyanates is 4. The van der Waals surface area contributed by atoms with Gasteiger partial charge in [0.05, 0.1) is 26.2 Å². The van der Waals surface area contributed by atoms with Gasteiger partial charge in [-0.25, -0.2) is 52.3 Å². The van der Waals surface area contributed by atoms with Crippen molar-refractivity contribution in [2.45, 2.75) is 50.6 Å². The number of carbonyl (C=O) groups excluding carboxylic acids is 4. The zero-order chi connectivity index (χ0) is 20.8. The Kier molecular flexibility index (Phi) is 21.0. The molecule has 0 saturated carbocycles. The lowest BCUT2D eigenvalue weighted by Crippen LogP contribution is -2.19. The van der Waals surface area contributed by atoms with Gasteiger partial charge in [-0.05, 0) is 19.3 Å². The summed E-state index contributed by atoms with van der Waals surface area (Å²) in [5.74, 6) is 0. The fraction of sp³-hybridized carbons (Fsp3) is 0.750. The normalized spacial score (nSPS) is 12.4. The zero-order valence-electron chi connectivity index (χ0n) is 14.7. The van der Waals surface area contributed by atoms with E-state index >= 15 is 0 Å². The highest BCUT2D eigenvalue weighted by Gasteiger charge is 2.19. The molecule has 0 rings (SSSR count). The SMILES string of the molecule is O=C=NCCC(F)C(F)CCN=C=O.O=C=NCCCC(F)CCN=C=O. The Morgan fingerprint density at radius 1 is 0.556 bits per heavy atom. The van der Waals surface area contributed by atoms with Crippen molar-refractivity contribution in [3.63, 3.8) is 0 Å². The summed E-state index contributed by atoms with van der Waals surface area (Å²) in [5.41, 5.74) is 0. The van der Waals surface area contributed by atoms with Crippen LogP contribution in [0.15, 0.2) is 20.0 Å². The molecule has 11 heteroatoms. The molecule has 8 nitrogen and oxygen atoms in total. The van der Waals surface area contributed by atoms with Crippen molar-refractivity contribution in [3.05, 3.63) is 0 Å². The molecule has 0 bridgehead atoms. The van der Waals surface area contributed by atoms with E-state index in [0.717, 1.165) is 0 Å². The summed E-state index contributed by atoms with van der Waals surface area (Å²) >= 11 is 0. The Morgan fingerprint density at radius 2 is 0.926 bits per heavy atom. The van der Waals surface area contributed by atoms with Gasteiger partial charge in [-0.3, -0.25) is 0 Å². The zero-order valence-corrected chi connectivity index (χ0v) is 14.7. The predicted octanol–water partition coefficient (Wildman–Crippen LogP) is 2.28. The summed E-state index contributed by atoms with van der Waals surface area (Å²) in [6, 6.07) is 0. The molecule has 0 amide bonds. The average Bonchev–Trinajstić information content (AvgIpc) is 2.66. The predicted molar refractivity (Wildman–Crippen MR) is 89.7 cm³/mol. The Bertz CT molecular complexity index is 542. The molecule has 0 fully saturated rings. The van der Waals surface area contributed by atoms with Crippen LogP contribution < -0.4 is 0 Å². The number of hydrogen-bond donors (Lipinski definition) is 0. The lowest BCUT2D eigenvalue weighted by atomic mass is 10.1. The first-order chi connectivity index (χ1) is 13.0. The molecule has 0 aliphatic carbocycles. The van der Waals surface area contributed by atoms with Crippen LogP contribution in [0.3, 0.4) is 0 Å². The van der Waals surface area contributed by atoms with Gasteiger partial charge in [0, 0.05) is 12.8 Å². The van der Waals surface area contributed by atoms with Crippen molar-refractivity contribution in [1.29, 1.82) is 0 Å². The maximum absolute atomic E-state index is 12.8. The number of nitrogens with zero attached hydrogens (tertiary/aromatic N) is 4. The average molecular weight is 390 g/mol. The van der Waals surface area contributed by atoms with E-state index in [-0.39, 0.29) is 38.9 Å². The number of halogens is 3. The van der Waals surface area contributed by atoms with Crippen LogP contribution in [-0.4, -0.2) is 69.0 Å². The van der Waals surface area contributed by atoms with Crippen LogP contribution in [0, 0.1) is 0 Å². The summed E-state index contributed by atoms with van der Waals surface area (Å²) in [4.78, 5) is 51.1. The number of alkyl halides is 3. The van der Waals surface area contributed by atoms with Crippen molar-refractivity contribution in [1.82, 2.24) is 0 Å². The molecule has 0 N–H and O–H groups in total. The Hall–Kier alpha value is -2.69. The molecule has 3 atom stereocenters. The van der Waals surface area contributed by atoms with Gasteiger partial charge in [-0.15, -0.1) is 0 Å². The van der Waals surface area contributed by atoms with E-state index in [0.29, 0.717) is 19.4 Å². The van der Waals surface area contributed by atoms with Crippen LogP contribution in [0.2, 0.25) is 0 Å². The van der Waals surface area contributed by atoms with Crippen molar-refractivity contribution in [2.75, 3.05) is 26.2 Å². The first-order valence-electron chi connectivity index (χ1n) is 8.10. The van der Waals surface area contributed by atoms with Crippen molar-refractivity contribution in [3.8, 4) is 0 Å². The quantitative estimate of drug-likeness (QED) is 0.257. The number of rotatable bonds is 14. The first-order valence-corrected chi connectivity index (χ1v) is 8.10. The van der Waals surface area contributed by atoms with Gasteiger partial charge < -0.3 is 0 Å². The minimum absolute atomic E-state index is 0.0813. The molecule has 0 radical (unpaired) electrons. The minimum atomic E-state index is -1.69. The minimum Gasteiger partial charge on any atom is -0.247 e. The third-order valence-corrected chi connectivity index (χ3v) is 3.03. The molecular weight excluding hydrogens is 369 g/mol. The van der Waals surface area contributed by atoms with E-state index in [1.807, 2.05) is 0 Å². The van der Waals surface area contributed by atoms with E-state index in [9.17, 15) is 32.3 Å².